The molecule has 0 unspecified atom stereocenters. The summed E-state index contributed by atoms with van der Waals surface area (Å²) in [5.41, 5.74) is 0. The van der Waals surface area contributed by atoms with E-state index in [2.05, 4.69) is 29.2 Å². The third-order valence-electron chi connectivity index (χ3n) is 3.54. The van der Waals surface area contributed by atoms with Gasteiger partial charge in [0.25, 0.3) is 0 Å². The van der Waals surface area contributed by atoms with E-state index in [1.165, 1.54) is 32.1 Å². The lowest BCUT2D eigenvalue weighted by Gasteiger charge is -2.17. The van der Waals surface area contributed by atoms with Crippen molar-refractivity contribution in [1.82, 2.24) is 14.8 Å². The number of hydrogen-bond acceptors (Lipinski definition) is 3. The van der Waals surface area contributed by atoms with Gasteiger partial charge in [-0.25, -0.2) is 4.68 Å². The summed E-state index contributed by atoms with van der Waals surface area (Å²) in [5, 5.41) is 4.51. The molecule has 0 saturated heterocycles. The fourth-order valence-electron chi connectivity index (χ4n) is 2.51. The molecule has 18 heavy (non-hydrogen) atoms. The Kier molecular flexibility index (Phi) is 4.39. The zero-order valence-electron chi connectivity index (χ0n) is 11.8. The second kappa shape index (κ2) is 6.03. The molecule has 0 radical (unpaired) electrons. The predicted octanol–water partition coefficient (Wildman–Crippen LogP) is 2.96. The molecule has 1 aliphatic rings. The van der Waals surface area contributed by atoms with Crippen molar-refractivity contribution in [2.75, 3.05) is 19.0 Å². The average Bonchev–Trinajstić information content (AvgIpc) is 2.81. The Hall–Kier alpha value is -1.32. The molecule has 0 N–H and O–H groups in total. The van der Waals surface area contributed by atoms with Crippen LogP contribution in [0.1, 0.15) is 44.9 Å². The normalized spacial score (nSPS) is 17.5. The zero-order valence-corrected chi connectivity index (χ0v) is 11.8. The van der Waals surface area contributed by atoms with Crippen LogP contribution >= 0.6 is 0 Å². The molecule has 1 fully saturated rings. The van der Waals surface area contributed by atoms with Gasteiger partial charge in [0.1, 0.15) is 0 Å². The van der Waals surface area contributed by atoms with Gasteiger partial charge in [-0.3, -0.25) is 0 Å². The predicted molar refractivity (Wildman–Crippen MR) is 75.6 cm³/mol. The van der Waals surface area contributed by atoms with Crippen LogP contribution < -0.4 is 4.90 Å². The van der Waals surface area contributed by atoms with Crippen LogP contribution in [0.5, 0.6) is 0 Å². The average molecular weight is 248 g/mol. The van der Waals surface area contributed by atoms with E-state index >= 15 is 0 Å². The highest BCUT2D eigenvalue weighted by Gasteiger charge is 2.11. The number of anilines is 1. The summed E-state index contributed by atoms with van der Waals surface area (Å²) in [4.78, 5) is 6.56. The van der Waals surface area contributed by atoms with E-state index < -0.39 is 0 Å². The molecule has 0 bridgehead atoms. The summed E-state index contributed by atoms with van der Waals surface area (Å²) in [6, 6.07) is 0. The molecular weight excluding hydrogens is 224 g/mol. The van der Waals surface area contributed by atoms with Gasteiger partial charge in [-0.15, -0.1) is 5.10 Å². The van der Waals surface area contributed by atoms with Crippen molar-refractivity contribution in [2.24, 2.45) is 5.92 Å². The zero-order chi connectivity index (χ0) is 13.0. The quantitative estimate of drug-likeness (QED) is 0.821. The Morgan fingerprint density at radius 1 is 1.28 bits per heavy atom. The molecule has 1 aliphatic carbocycles. The minimum Gasteiger partial charge on any atom is -0.347 e. The molecule has 1 aromatic heterocycles. The second-order valence-electron chi connectivity index (χ2n) is 5.24. The van der Waals surface area contributed by atoms with Gasteiger partial charge < -0.3 is 4.90 Å². The highest BCUT2D eigenvalue weighted by atomic mass is 15.4. The molecule has 2 rings (SSSR count). The van der Waals surface area contributed by atoms with Crippen molar-refractivity contribution >= 4 is 12.0 Å². The number of aryl methyl sites for hydroxylation is 1. The van der Waals surface area contributed by atoms with Gasteiger partial charge in [-0.1, -0.05) is 25.3 Å². The summed E-state index contributed by atoms with van der Waals surface area (Å²) in [5.74, 6) is 2.50. The van der Waals surface area contributed by atoms with Gasteiger partial charge >= 0.3 is 0 Å². The summed E-state index contributed by atoms with van der Waals surface area (Å²) in [6.07, 6.45) is 11.2. The molecule has 0 spiro atoms. The maximum atomic E-state index is 4.56. The highest BCUT2D eigenvalue weighted by molar-refractivity contribution is 5.43. The first-order valence-corrected chi connectivity index (χ1v) is 7.01. The van der Waals surface area contributed by atoms with E-state index in [9.17, 15) is 0 Å². The van der Waals surface area contributed by atoms with Gasteiger partial charge in [-0.2, -0.15) is 4.98 Å². The molecule has 0 aliphatic heterocycles. The van der Waals surface area contributed by atoms with E-state index in [0.717, 1.165) is 24.2 Å². The van der Waals surface area contributed by atoms with Crippen molar-refractivity contribution < 1.29 is 0 Å². The van der Waals surface area contributed by atoms with Gasteiger partial charge in [0, 0.05) is 20.6 Å². The number of hydrogen-bond donors (Lipinski definition) is 0. The van der Waals surface area contributed by atoms with Crippen LogP contribution in [-0.4, -0.2) is 28.9 Å². The highest BCUT2D eigenvalue weighted by Crippen LogP contribution is 2.25. The summed E-state index contributed by atoms with van der Waals surface area (Å²) >= 11 is 0. The topological polar surface area (TPSA) is 34.0 Å². The van der Waals surface area contributed by atoms with Crippen LogP contribution in [-0.2, 0) is 6.54 Å². The lowest BCUT2D eigenvalue weighted by molar-refractivity contribution is 0.420. The minimum absolute atomic E-state index is 0.732. The summed E-state index contributed by atoms with van der Waals surface area (Å²) < 4.78 is 1.94. The third kappa shape index (κ3) is 3.12. The first-order chi connectivity index (χ1) is 8.70. The molecule has 4 heteroatoms. The van der Waals surface area contributed by atoms with Crippen LogP contribution in [0.3, 0.4) is 0 Å². The number of allylic oxidation sites excluding steroid dienone is 1. The Labute approximate surface area is 110 Å². The van der Waals surface area contributed by atoms with Crippen molar-refractivity contribution in [1.29, 1.82) is 0 Å². The smallest absolute Gasteiger partial charge is 0.223 e. The van der Waals surface area contributed by atoms with Gasteiger partial charge in [0.05, 0.1) is 0 Å². The Morgan fingerprint density at radius 2 is 2.00 bits per heavy atom. The van der Waals surface area contributed by atoms with E-state index in [1.54, 1.807) is 0 Å². The number of rotatable bonds is 4. The Bertz CT molecular complexity index is 400. The van der Waals surface area contributed by atoms with Crippen molar-refractivity contribution in [3.8, 4) is 0 Å². The number of nitrogens with zero attached hydrogens (tertiary/aromatic N) is 4. The van der Waals surface area contributed by atoms with E-state index in [0.29, 0.717) is 0 Å². The molecule has 0 atom stereocenters. The van der Waals surface area contributed by atoms with Crippen LogP contribution in [0.2, 0.25) is 0 Å². The van der Waals surface area contributed by atoms with E-state index in [1.807, 2.05) is 23.7 Å². The minimum atomic E-state index is 0.732. The molecule has 1 heterocycles. The van der Waals surface area contributed by atoms with E-state index in [4.69, 9.17) is 0 Å². The van der Waals surface area contributed by atoms with Crippen molar-refractivity contribution in [2.45, 2.75) is 45.6 Å². The molecular formula is C14H24N4. The third-order valence-corrected chi connectivity index (χ3v) is 3.54. The van der Waals surface area contributed by atoms with Gasteiger partial charge in [0.15, 0.2) is 5.82 Å². The van der Waals surface area contributed by atoms with Crippen LogP contribution in [0, 0.1) is 5.92 Å². The monoisotopic (exact) mass is 248 g/mol. The van der Waals surface area contributed by atoms with Crippen LogP contribution in [0.15, 0.2) is 6.08 Å². The van der Waals surface area contributed by atoms with Crippen LogP contribution in [0.4, 0.5) is 5.95 Å². The fourth-order valence-corrected chi connectivity index (χ4v) is 2.51. The van der Waals surface area contributed by atoms with Gasteiger partial charge in [0.2, 0.25) is 5.95 Å². The second-order valence-corrected chi connectivity index (χ2v) is 5.24. The molecule has 1 aromatic rings. The van der Waals surface area contributed by atoms with Gasteiger partial charge in [-0.05, 0) is 31.8 Å². The fraction of sp³-hybridized carbons (Fsp3) is 0.714. The van der Waals surface area contributed by atoms with Crippen molar-refractivity contribution in [3.05, 3.63) is 11.9 Å². The van der Waals surface area contributed by atoms with Crippen molar-refractivity contribution in [3.63, 3.8) is 0 Å². The van der Waals surface area contributed by atoms with E-state index in [-0.39, 0.29) is 0 Å². The molecule has 1 saturated carbocycles. The maximum Gasteiger partial charge on any atom is 0.223 e. The molecule has 100 valence electrons. The molecule has 0 aromatic carbocycles. The Balaban J connectivity index is 2.06. The van der Waals surface area contributed by atoms with Crippen LogP contribution in [0.25, 0.3) is 6.08 Å². The molecule has 0 amide bonds. The largest absolute Gasteiger partial charge is 0.347 e. The molecule has 4 nitrogen and oxygen atoms in total. The number of aromatic nitrogens is 3. The lowest BCUT2D eigenvalue weighted by atomic mass is 9.89. The standard InChI is InChI=1S/C14H24N4/c1-4-18-14(17(2)3)15-13(16-18)11-10-12-8-6-5-7-9-12/h10-12H,4-9H2,1-3H3/b11-10+. The maximum absolute atomic E-state index is 4.56. The summed E-state index contributed by atoms with van der Waals surface area (Å²) in [6.45, 7) is 2.95. The SMILES string of the molecule is CCn1nc(/C=C/C2CCCCC2)nc1N(C)C. The lowest BCUT2D eigenvalue weighted by Crippen LogP contribution is -2.15. The Morgan fingerprint density at radius 3 is 2.56 bits per heavy atom. The first kappa shape index (κ1) is 13.1. The summed E-state index contributed by atoms with van der Waals surface area (Å²) in [7, 11) is 4.01. The first-order valence-electron chi connectivity index (χ1n) is 7.01.